The lowest BCUT2D eigenvalue weighted by molar-refractivity contribution is -0.121. The summed E-state index contributed by atoms with van der Waals surface area (Å²) < 4.78 is 5.24. The van der Waals surface area contributed by atoms with Crippen molar-refractivity contribution in [2.75, 3.05) is 6.54 Å². The number of rotatable bonds is 7. The maximum absolute atomic E-state index is 12.0. The van der Waals surface area contributed by atoms with Crippen LogP contribution in [-0.2, 0) is 4.79 Å². The standard InChI is InChI=1S/C15H19N3O3S/c1-3-10(2)17-13(19)6-7-16-14(20)11-9-22-15(18-11)12-5-4-8-21-12/h4-5,8-10H,3,6-7H2,1-2H3,(H,16,20)(H,17,19)/t10-/m0/s1. The van der Waals surface area contributed by atoms with Gasteiger partial charge in [0.05, 0.1) is 6.26 Å². The molecule has 0 saturated heterocycles. The molecule has 0 radical (unpaired) electrons. The molecule has 0 fully saturated rings. The number of carbonyl (C=O) groups is 2. The van der Waals surface area contributed by atoms with Crippen molar-refractivity contribution in [2.24, 2.45) is 0 Å². The van der Waals surface area contributed by atoms with Crippen molar-refractivity contribution < 1.29 is 14.0 Å². The van der Waals surface area contributed by atoms with Gasteiger partial charge in [0.2, 0.25) is 5.91 Å². The maximum atomic E-state index is 12.0. The number of hydrogen-bond donors (Lipinski definition) is 2. The molecule has 6 nitrogen and oxygen atoms in total. The Kier molecular flexibility index (Phi) is 5.71. The Hall–Kier alpha value is -2.15. The van der Waals surface area contributed by atoms with Crippen LogP contribution in [0.3, 0.4) is 0 Å². The number of amides is 2. The Balaban J connectivity index is 1.79. The molecule has 2 amide bonds. The summed E-state index contributed by atoms with van der Waals surface area (Å²) in [7, 11) is 0. The zero-order valence-electron chi connectivity index (χ0n) is 12.6. The first-order chi connectivity index (χ1) is 10.6. The van der Waals surface area contributed by atoms with E-state index >= 15 is 0 Å². The Morgan fingerprint density at radius 3 is 2.95 bits per heavy atom. The van der Waals surface area contributed by atoms with Crippen LogP contribution < -0.4 is 10.6 Å². The summed E-state index contributed by atoms with van der Waals surface area (Å²) in [4.78, 5) is 27.8. The molecule has 0 aromatic carbocycles. The van der Waals surface area contributed by atoms with Gasteiger partial charge in [-0.3, -0.25) is 9.59 Å². The highest BCUT2D eigenvalue weighted by Crippen LogP contribution is 2.23. The summed E-state index contributed by atoms with van der Waals surface area (Å²) in [6.45, 7) is 4.24. The van der Waals surface area contributed by atoms with Gasteiger partial charge in [0.25, 0.3) is 5.91 Å². The minimum absolute atomic E-state index is 0.0656. The summed E-state index contributed by atoms with van der Waals surface area (Å²) in [6.07, 6.45) is 2.70. The topological polar surface area (TPSA) is 84.2 Å². The van der Waals surface area contributed by atoms with E-state index in [4.69, 9.17) is 4.42 Å². The Labute approximate surface area is 132 Å². The number of nitrogens with zero attached hydrogens (tertiary/aromatic N) is 1. The molecule has 22 heavy (non-hydrogen) atoms. The van der Waals surface area contributed by atoms with E-state index in [1.807, 2.05) is 13.8 Å². The van der Waals surface area contributed by atoms with Crippen LogP contribution in [0.15, 0.2) is 28.2 Å². The van der Waals surface area contributed by atoms with Crippen molar-refractivity contribution >= 4 is 23.2 Å². The number of hydrogen-bond acceptors (Lipinski definition) is 5. The first-order valence-electron chi connectivity index (χ1n) is 7.17. The molecule has 0 spiro atoms. The second-order valence-electron chi connectivity index (χ2n) is 4.90. The van der Waals surface area contributed by atoms with E-state index in [0.717, 1.165) is 6.42 Å². The summed E-state index contributed by atoms with van der Waals surface area (Å²) in [5.74, 6) is 0.284. The van der Waals surface area contributed by atoms with E-state index in [-0.39, 0.29) is 30.8 Å². The second kappa shape index (κ2) is 7.74. The zero-order chi connectivity index (χ0) is 15.9. The van der Waals surface area contributed by atoms with E-state index in [1.165, 1.54) is 11.3 Å². The van der Waals surface area contributed by atoms with Crippen LogP contribution in [-0.4, -0.2) is 29.4 Å². The molecule has 118 valence electrons. The van der Waals surface area contributed by atoms with Gasteiger partial charge in [0.1, 0.15) is 5.69 Å². The van der Waals surface area contributed by atoms with Crippen LogP contribution in [0, 0.1) is 0 Å². The third-order valence-electron chi connectivity index (χ3n) is 3.13. The van der Waals surface area contributed by atoms with Gasteiger partial charge in [-0.05, 0) is 25.5 Å². The van der Waals surface area contributed by atoms with Gasteiger partial charge in [0, 0.05) is 24.4 Å². The van der Waals surface area contributed by atoms with Gasteiger partial charge in [-0.1, -0.05) is 6.92 Å². The lowest BCUT2D eigenvalue weighted by Crippen LogP contribution is -2.35. The van der Waals surface area contributed by atoms with Gasteiger partial charge in [0.15, 0.2) is 10.8 Å². The van der Waals surface area contributed by atoms with E-state index < -0.39 is 0 Å². The van der Waals surface area contributed by atoms with Crippen LogP contribution >= 0.6 is 11.3 Å². The van der Waals surface area contributed by atoms with E-state index in [0.29, 0.717) is 16.5 Å². The van der Waals surface area contributed by atoms with Crippen LogP contribution in [0.4, 0.5) is 0 Å². The van der Waals surface area contributed by atoms with Crippen LogP contribution in [0.1, 0.15) is 37.2 Å². The maximum Gasteiger partial charge on any atom is 0.270 e. The summed E-state index contributed by atoms with van der Waals surface area (Å²) >= 11 is 1.34. The number of nitrogens with one attached hydrogen (secondary N) is 2. The second-order valence-corrected chi connectivity index (χ2v) is 5.76. The van der Waals surface area contributed by atoms with Crippen LogP contribution in [0.2, 0.25) is 0 Å². The third kappa shape index (κ3) is 4.42. The summed E-state index contributed by atoms with van der Waals surface area (Å²) in [5.41, 5.74) is 0.332. The molecule has 1 atom stereocenters. The molecule has 2 rings (SSSR count). The van der Waals surface area contributed by atoms with Crippen molar-refractivity contribution in [1.29, 1.82) is 0 Å². The Morgan fingerprint density at radius 1 is 1.45 bits per heavy atom. The van der Waals surface area contributed by atoms with Gasteiger partial charge < -0.3 is 15.1 Å². The quantitative estimate of drug-likeness (QED) is 0.820. The molecule has 0 aliphatic heterocycles. The molecule has 0 bridgehead atoms. The van der Waals surface area contributed by atoms with E-state index in [1.54, 1.807) is 23.8 Å². The van der Waals surface area contributed by atoms with Gasteiger partial charge in [-0.2, -0.15) is 0 Å². The molecule has 0 aliphatic rings. The highest BCUT2D eigenvalue weighted by atomic mass is 32.1. The fourth-order valence-electron chi connectivity index (χ4n) is 1.72. The first-order valence-corrected chi connectivity index (χ1v) is 8.05. The lowest BCUT2D eigenvalue weighted by Gasteiger charge is -2.11. The minimum Gasteiger partial charge on any atom is -0.462 e. The van der Waals surface area contributed by atoms with Crippen molar-refractivity contribution in [1.82, 2.24) is 15.6 Å². The third-order valence-corrected chi connectivity index (χ3v) is 3.98. The monoisotopic (exact) mass is 321 g/mol. The molecule has 2 N–H and O–H groups in total. The first kappa shape index (κ1) is 16.2. The molecule has 0 unspecified atom stereocenters. The predicted molar refractivity (Wildman–Crippen MR) is 84.7 cm³/mol. The highest BCUT2D eigenvalue weighted by Gasteiger charge is 2.13. The molecule has 0 saturated carbocycles. The SMILES string of the molecule is CC[C@H](C)NC(=O)CCNC(=O)c1csc(-c2ccco2)n1. The molecule has 2 heterocycles. The molecule has 0 aliphatic carbocycles. The Morgan fingerprint density at radius 2 is 2.27 bits per heavy atom. The van der Waals surface area contributed by atoms with Crippen molar-refractivity contribution in [3.05, 3.63) is 29.5 Å². The van der Waals surface area contributed by atoms with Gasteiger partial charge >= 0.3 is 0 Å². The summed E-state index contributed by atoms with van der Waals surface area (Å²) in [5, 5.41) is 7.87. The van der Waals surface area contributed by atoms with Crippen LogP contribution in [0.5, 0.6) is 0 Å². The van der Waals surface area contributed by atoms with Crippen molar-refractivity contribution in [2.45, 2.75) is 32.7 Å². The highest BCUT2D eigenvalue weighted by molar-refractivity contribution is 7.13. The normalized spacial score (nSPS) is 11.9. The number of furan rings is 1. The van der Waals surface area contributed by atoms with Gasteiger partial charge in [-0.25, -0.2) is 4.98 Å². The lowest BCUT2D eigenvalue weighted by atomic mass is 10.2. The molecule has 2 aromatic heterocycles. The molecule has 7 heteroatoms. The number of carbonyl (C=O) groups excluding carboxylic acids is 2. The number of thiazole rings is 1. The molecular formula is C15H19N3O3S. The smallest absolute Gasteiger partial charge is 0.270 e. The molecule has 2 aromatic rings. The van der Waals surface area contributed by atoms with E-state index in [9.17, 15) is 9.59 Å². The average molecular weight is 321 g/mol. The fourth-order valence-corrected chi connectivity index (χ4v) is 2.49. The van der Waals surface area contributed by atoms with Crippen molar-refractivity contribution in [3.8, 4) is 10.8 Å². The fraction of sp³-hybridized carbons (Fsp3) is 0.400. The van der Waals surface area contributed by atoms with Crippen molar-refractivity contribution in [3.63, 3.8) is 0 Å². The van der Waals surface area contributed by atoms with Gasteiger partial charge in [-0.15, -0.1) is 11.3 Å². The van der Waals surface area contributed by atoms with Crippen LogP contribution in [0.25, 0.3) is 10.8 Å². The average Bonchev–Trinajstić information content (AvgIpc) is 3.17. The number of aromatic nitrogens is 1. The predicted octanol–water partition coefficient (Wildman–Crippen LogP) is 2.44. The van der Waals surface area contributed by atoms with E-state index in [2.05, 4.69) is 15.6 Å². The summed E-state index contributed by atoms with van der Waals surface area (Å²) in [6, 6.07) is 3.71. The largest absolute Gasteiger partial charge is 0.462 e. The molecular weight excluding hydrogens is 302 g/mol. The Bertz CT molecular complexity index is 622. The minimum atomic E-state index is -0.287. The zero-order valence-corrected chi connectivity index (χ0v) is 13.4.